The van der Waals surface area contributed by atoms with Crippen LogP contribution < -0.4 is 22.1 Å². The van der Waals surface area contributed by atoms with Gasteiger partial charge in [-0.15, -0.1) is 0 Å². The van der Waals surface area contributed by atoms with E-state index >= 15 is 0 Å². The summed E-state index contributed by atoms with van der Waals surface area (Å²) in [5.41, 5.74) is 19.0. The molecule has 0 bridgehead atoms. The fourth-order valence-corrected chi connectivity index (χ4v) is 3.72. The Kier molecular flexibility index (Phi) is 23.8. The molecule has 1 rings (SSSR count). The molecular formula is C34H56N4O5. The van der Waals surface area contributed by atoms with Gasteiger partial charge in [0.2, 0.25) is 0 Å². The van der Waals surface area contributed by atoms with Gasteiger partial charge in [-0.05, 0) is 38.8 Å². The maximum absolute atomic E-state index is 11.2. The zero-order valence-electron chi connectivity index (χ0n) is 27.1. The maximum atomic E-state index is 11.2. The first-order valence-corrected chi connectivity index (χ1v) is 15.1. The fourth-order valence-electron chi connectivity index (χ4n) is 3.72. The Morgan fingerprint density at radius 3 is 1.79 bits per heavy atom. The Hall–Kier alpha value is -3.82. The number of anilines is 1. The first kappa shape index (κ1) is 41.3. The van der Waals surface area contributed by atoms with Crippen molar-refractivity contribution in [2.75, 3.05) is 18.0 Å². The third kappa shape index (κ3) is 17.7. The lowest BCUT2D eigenvalue weighted by Crippen LogP contribution is -2.39. The number of furan rings is 1. The summed E-state index contributed by atoms with van der Waals surface area (Å²) >= 11 is 0. The molecule has 242 valence electrons. The number of allylic oxidation sites excluding steroid dienone is 4. The topological polar surface area (TPSA) is 169 Å². The Balaban J connectivity index is 0. The summed E-state index contributed by atoms with van der Waals surface area (Å²) in [6, 6.07) is 2.60. The van der Waals surface area contributed by atoms with Gasteiger partial charge < -0.3 is 36.7 Å². The van der Waals surface area contributed by atoms with Gasteiger partial charge in [-0.2, -0.15) is 0 Å². The van der Waals surface area contributed by atoms with Crippen LogP contribution in [0.15, 0.2) is 83.0 Å². The van der Waals surface area contributed by atoms with Crippen LogP contribution in [0.1, 0.15) is 85.8 Å². The van der Waals surface area contributed by atoms with Crippen molar-refractivity contribution in [3.05, 3.63) is 84.4 Å². The largest absolute Gasteiger partial charge is 0.478 e. The number of nitrogens with zero attached hydrogens (tertiary/aromatic N) is 1. The number of aliphatic carboxylic acids is 2. The second-order valence-corrected chi connectivity index (χ2v) is 9.59. The molecule has 9 nitrogen and oxygen atoms in total. The maximum Gasteiger partial charge on any atom is 0.335 e. The van der Waals surface area contributed by atoms with Crippen molar-refractivity contribution in [1.29, 1.82) is 0 Å². The highest BCUT2D eigenvalue weighted by Gasteiger charge is 2.16. The van der Waals surface area contributed by atoms with Crippen molar-refractivity contribution in [1.82, 2.24) is 0 Å². The summed E-state index contributed by atoms with van der Waals surface area (Å²) in [6.45, 7) is 21.0. The van der Waals surface area contributed by atoms with E-state index in [2.05, 4.69) is 31.9 Å². The van der Waals surface area contributed by atoms with Gasteiger partial charge >= 0.3 is 11.9 Å². The molecule has 0 aliphatic rings. The van der Waals surface area contributed by atoms with E-state index in [0.29, 0.717) is 11.5 Å². The molecule has 0 amide bonds. The Morgan fingerprint density at radius 2 is 1.42 bits per heavy atom. The Morgan fingerprint density at radius 1 is 0.907 bits per heavy atom. The number of nitrogens with two attached hydrogens (primary N) is 3. The van der Waals surface area contributed by atoms with Crippen molar-refractivity contribution < 1.29 is 24.2 Å². The normalized spacial score (nSPS) is 13.5. The molecule has 1 aromatic heterocycles. The van der Waals surface area contributed by atoms with Gasteiger partial charge in [-0.25, -0.2) is 9.59 Å². The second-order valence-electron chi connectivity index (χ2n) is 9.59. The number of carboxylic acid groups (broad SMARTS) is 2. The Labute approximate surface area is 259 Å². The summed E-state index contributed by atoms with van der Waals surface area (Å²) in [6.07, 6.45) is 16.0. The number of carboxylic acids is 2. The Bertz CT molecular complexity index is 1080. The number of hydrogen-bond donors (Lipinski definition) is 5. The zero-order chi connectivity index (χ0) is 33.4. The highest BCUT2D eigenvalue weighted by molar-refractivity contribution is 5.90. The van der Waals surface area contributed by atoms with E-state index in [9.17, 15) is 9.59 Å². The quantitative estimate of drug-likeness (QED) is 0.0691. The molecule has 0 aromatic carbocycles. The van der Waals surface area contributed by atoms with E-state index in [1.165, 1.54) is 50.0 Å². The molecular weight excluding hydrogens is 544 g/mol. The van der Waals surface area contributed by atoms with E-state index in [1.54, 1.807) is 26.0 Å². The predicted octanol–water partition coefficient (Wildman–Crippen LogP) is 6.79. The number of carbonyl (C=O) groups is 2. The van der Waals surface area contributed by atoms with Gasteiger partial charge in [-0.3, -0.25) is 0 Å². The molecule has 43 heavy (non-hydrogen) atoms. The predicted molar refractivity (Wildman–Crippen MR) is 181 cm³/mol. The van der Waals surface area contributed by atoms with Gasteiger partial charge in [0.25, 0.3) is 0 Å². The van der Waals surface area contributed by atoms with E-state index in [4.69, 9.17) is 31.8 Å². The summed E-state index contributed by atoms with van der Waals surface area (Å²) in [7, 11) is 0. The van der Waals surface area contributed by atoms with E-state index in [0.717, 1.165) is 37.4 Å². The molecule has 0 fully saturated rings. The third-order valence-electron chi connectivity index (χ3n) is 6.07. The minimum absolute atomic E-state index is 0.0200. The lowest BCUT2D eigenvalue weighted by atomic mass is 10.0. The van der Waals surface area contributed by atoms with Crippen molar-refractivity contribution in [3.63, 3.8) is 0 Å². The van der Waals surface area contributed by atoms with Crippen molar-refractivity contribution >= 4 is 23.4 Å². The molecule has 0 saturated heterocycles. The molecule has 2 atom stereocenters. The van der Waals surface area contributed by atoms with Gasteiger partial charge in [0.05, 0.1) is 11.1 Å². The summed E-state index contributed by atoms with van der Waals surface area (Å²) in [4.78, 5) is 23.8. The van der Waals surface area contributed by atoms with Gasteiger partial charge in [0, 0.05) is 42.5 Å². The second kappa shape index (κ2) is 24.7. The summed E-state index contributed by atoms with van der Waals surface area (Å²) < 4.78 is 6.15. The summed E-state index contributed by atoms with van der Waals surface area (Å²) in [5.74, 6) is -0.540. The van der Waals surface area contributed by atoms with Crippen molar-refractivity contribution in [2.24, 2.45) is 17.2 Å². The minimum atomic E-state index is -1.09. The molecule has 0 spiro atoms. The van der Waals surface area contributed by atoms with Crippen molar-refractivity contribution in [2.45, 2.75) is 92.2 Å². The highest BCUT2D eigenvalue weighted by Crippen LogP contribution is 2.26. The van der Waals surface area contributed by atoms with Gasteiger partial charge in [-0.1, -0.05) is 96.9 Å². The first-order valence-electron chi connectivity index (χ1n) is 15.1. The molecule has 0 radical (unpaired) electrons. The minimum Gasteiger partial charge on any atom is -0.478 e. The van der Waals surface area contributed by atoms with Crippen LogP contribution in [0.25, 0.3) is 5.57 Å². The standard InChI is InChI=1S/C25H39N3O3.C7H11NO2.C2H6/c1-5-9-11-15-28(16-12-10-6-2)24-14-13-23(31-24)19(7-3)17-21(26)22(27)18-20(8-4)25(29)30;1-3-6(7(9)10)4-5(2)8;1-2/h7-8,13-14,17-18,21-22H,3-6,9-12,15-16,26-27H2,1-2H3,(H,29,30);3-4H,8H2,1-2H3,(H,9,10);1-2H3/b19-17+,20-18+;5-4-,6-3+;. The van der Waals surface area contributed by atoms with E-state index in [-0.39, 0.29) is 11.1 Å². The van der Waals surface area contributed by atoms with E-state index in [1.807, 2.05) is 26.0 Å². The van der Waals surface area contributed by atoms with Gasteiger partial charge in [0.15, 0.2) is 5.88 Å². The lowest BCUT2D eigenvalue weighted by molar-refractivity contribution is -0.133. The van der Waals surface area contributed by atoms with Crippen LogP contribution in [-0.2, 0) is 9.59 Å². The average molecular weight is 601 g/mol. The number of unbranched alkanes of at least 4 members (excludes halogenated alkanes) is 4. The lowest BCUT2D eigenvalue weighted by Gasteiger charge is -2.22. The molecule has 0 aliphatic carbocycles. The molecule has 2 unspecified atom stereocenters. The van der Waals surface area contributed by atoms with Crippen LogP contribution >= 0.6 is 0 Å². The van der Waals surface area contributed by atoms with Gasteiger partial charge in [0.1, 0.15) is 5.76 Å². The van der Waals surface area contributed by atoms with Crippen LogP contribution in [0.4, 0.5) is 5.88 Å². The number of hydrogen-bond acceptors (Lipinski definition) is 7. The molecule has 0 aliphatic heterocycles. The third-order valence-corrected chi connectivity index (χ3v) is 6.07. The van der Waals surface area contributed by atoms with Crippen molar-refractivity contribution in [3.8, 4) is 0 Å². The van der Waals surface area contributed by atoms with Crippen LogP contribution in [0.3, 0.4) is 0 Å². The molecule has 0 saturated carbocycles. The first-order chi connectivity index (χ1) is 20.4. The summed E-state index contributed by atoms with van der Waals surface area (Å²) in [5, 5.41) is 17.6. The molecule has 9 heteroatoms. The zero-order valence-corrected chi connectivity index (χ0v) is 27.1. The highest BCUT2D eigenvalue weighted by atomic mass is 16.4. The SMILES string of the molecule is C/C=C(\C=C(\C)N)C(=O)O.C=C/C(=C\C(N)C(N)/C=C(\C=C)c1ccc(N(CCCCC)CCCCC)o1)C(=O)O.CC. The fraction of sp³-hybridized carbons (Fsp3) is 0.471. The molecule has 1 aromatic rings. The monoisotopic (exact) mass is 600 g/mol. The van der Waals surface area contributed by atoms with Crippen LogP contribution in [0, 0.1) is 0 Å². The van der Waals surface area contributed by atoms with Crippen LogP contribution in [0.2, 0.25) is 0 Å². The average Bonchev–Trinajstić information content (AvgIpc) is 3.47. The number of rotatable bonds is 18. The van der Waals surface area contributed by atoms with Crippen LogP contribution in [-0.4, -0.2) is 47.3 Å². The smallest absolute Gasteiger partial charge is 0.335 e. The van der Waals surface area contributed by atoms with Crippen LogP contribution in [0.5, 0.6) is 0 Å². The molecule has 1 heterocycles. The van der Waals surface area contributed by atoms with E-state index < -0.39 is 24.0 Å². The molecule has 8 N–H and O–H groups in total.